The predicted molar refractivity (Wildman–Crippen MR) is 61.4 cm³/mol. The van der Waals surface area contributed by atoms with Crippen LogP contribution in [0.15, 0.2) is 30.5 Å². The van der Waals surface area contributed by atoms with Crippen LogP contribution in [0.1, 0.15) is 11.4 Å². The third-order valence-electron chi connectivity index (χ3n) is 2.23. The van der Waals surface area contributed by atoms with Gasteiger partial charge < -0.3 is 5.73 Å². The highest BCUT2D eigenvalue weighted by atomic mass is 14.9. The van der Waals surface area contributed by atoms with Crippen molar-refractivity contribution in [2.45, 2.75) is 13.8 Å². The van der Waals surface area contributed by atoms with Gasteiger partial charge in [-0.15, -0.1) is 0 Å². The molecule has 2 N–H and O–H groups in total. The van der Waals surface area contributed by atoms with Crippen LogP contribution < -0.4 is 5.73 Å². The van der Waals surface area contributed by atoms with Gasteiger partial charge in [-0.25, -0.2) is 9.97 Å². The zero-order valence-corrected chi connectivity index (χ0v) is 8.86. The molecule has 76 valence electrons. The Kier molecular flexibility index (Phi) is 2.37. The summed E-state index contributed by atoms with van der Waals surface area (Å²) in [4.78, 5) is 8.40. The largest absolute Gasteiger partial charge is 0.396 e. The summed E-state index contributed by atoms with van der Waals surface area (Å²) in [5.41, 5.74) is 9.51. The summed E-state index contributed by atoms with van der Waals surface area (Å²) in [6.45, 7) is 3.91. The third-order valence-corrected chi connectivity index (χ3v) is 2.23. The van der Waals surface area contributed by atoms with Crippen molar-refractivity contribution >= 4 is 5.69 Å². The number of aryl methyl sites for hydroxylation is 2. The van der Waals surface area contributed by atoms with E-state index in [1.807, 2.05) is 32.0 Å². The van der Waals surface area contributed by atoms with E-state index in [-0.39, 0.29) is 0 Å². The summed E-state index contributed by atoms with van der Waals surface area (Å²) in [6.07, 6.45) is 1.65. The second-order valence-corrected chi connectivity index (χ2v) is 3.59. The van der Waals surface area contributed by atoms with Crippen molar-refractivity contribution in [2.24, 2.45) is 0 Å². The van der Waals surface area contributed by atoms with Gasteiger partial charge in [0.25, 0.3) is 0 Å². The highest BCUT2D eigenvalue weighted by Crippen LogP contribution is 2.23. The molecular formula is C12H13N3. The van der Waals surface area contributed by atoms with Crippen molar-refractivity contribution in [3.05, 3.63) is 41.9 Å². The fourth-order valence-electron chi connectivity index (χ4n) is 1.50. The number of benzene rings is 1. The van der Waals surface area contributed by atoms with Crippen molar-refractivity contribution in [3.63, 3.8) is 0 Å². The van der Waals surface area contributed by atoms with Gasteiger partial charge >= 0.3 is 0 Å². The van der Waals surface area contributed by atoms with Crippen LogP contribution in [-0.2, 0) is 0 Å². The molecule has 1 aromatic heterocycles. The van der Waals surface area contributed by atoms with E-state index in [2.05, 4.69) is 16.0 Å². The minimum absolute atomic E-state index is 0.617. The molecule has 0 spiro atoms. The molecule has 0 radical (unpaired) electrons. The van der Waals surface area contributed by atoms with Gasteiger partial charge in [-0.2, -0.15) is 0 Å². The lowest BCUT2D eigenvalue weighted by Crippen LogP contribution is -1.97. The lowest BCUT2D eigenvalue weighted by Gasteiger charge is -2.05. The first kappa shape index (κ1) is 9.65. The van der Waals surface area contributed by atoms with E-state index in [1.54, 1.807) is 6.20 Å². The number of nitrogens with zero attached hydrogens (tertiary/aromatic N) is 2. The van der Waals surface area contributed by atoms with Crippen LogP contribution in [-0.4, -0.2) is 9.97 Å². The average Bonchev–Trinajstić information content (AvgIpc) is 2.22. The number of nitrogens with two attached hydrogens (primary N) is 1. The van der Waals surface area contributed by atoms with Crippen LogP contribution in [0.3, 0.4) is 0 Å². The molecule has 0 aliphatic heterocycles. The molecule has 0 saturated carbocycles. The van der Waals surface area contributed by atoms with E-state index in [4.69, 9.17) is 5.73 Å². The number of aromatic nitrogens is 2. The molecular weight excluding hydrogens is 186 g/mol. The van der Waals surface area contributed by atoms with Gasteiger partial charge in [0, 0.05) is 5.56 Å². The molecule has 2 aromatic rings. The number of hydrogen-bond acceptors (Lipinski definition) is 3. The molecule has 0 bridgehead atoms. The van der Waals surface area contributed by atoms with E-state index < -0.39 is 0 Å². The molecule has 1 heterocycles. The van der Waals surface area contributed by atoms with Gasteiger partial charge in [-0.1, -0.05) is 23.8 Å². The van der Waals surface area contributed by atoms with E-state index in [9.17, 15) is 0 Å². The molecule has 1 aromatic carbocycles. The minimum atomic E-state index is 0.617. The standard InChI is InChI=1S/C12H13N3/c1-8-4-3-5-10(6-8)12-11(13)7-14-9(2)15-12/h3-7H,13H2,1-2H3. The first-order valence-corrected chi connectivity index (χ1v) is 4.83. The average molecular weight is 199 g/mol. The van der Waals surface area contributed by atoms with E-state index in [1.165, 1.54) is 5.56 Å². The minimum Gasteiger partial charge on any atom is -0.396 e. The molecule has 3 heteroatoms. The fourth-order valence-corrected chi connectivity index (χ4v) is 1.50. The lowest BCUT2D eigenvalue weighted by atomic mass is 10.1. The summed E-state index contributed by atoms with van der Waals surface area (Å²) >= 11 is 0. The van der Waals surface area contributed by atoms with Crippen LogP contribution in [0.4, 0.5) is 5.69 Å². The monoisotopic (exact) mass is 199 g/mol. The second kappa shape index (κ2) is 3.69. The zero-order valence-electron chi connectivity index (χ0n) is 8.86. The molecule has 15 heavy (non-hydrogen) atoms. The van der Waals surface area contributed by atoms with Gasteiger partial charge in [-0.3, -0.25) is 0 Å². The molecule has 0 atom stereocenters. The zero-order chi connectivity index (χ0) is 10.8. The maximum Gasteiger partial charge on any atom is 0.126 e. The number of nitrogen functional groups attached to an aromatic ring is 1. The predicted octanol–water partition coefficient (Wildman–Crippen LogP) is 2.34. The maximum atomic E-state index is 5.85. The lowest BCUT2D eigenvalue weighted by molar-refractivity contribution is 1.06. The van der Waals surface area contributed by atoms with Gasteiger partial charge in [-0.05, 0) is 19.9 Å². The molecule has 0 amide bonds. The Balaban J connectivity index is 2.58. The number of rotatable bonds is 1. The van der Waals surface area contributed by atoms with E-state index in [0.29, 0.717) is 5.69 Å². The van der Waals surface area contributed by atoms with Crippen LogP contribution in [0.5, 0.6) is 0 Å². The van der Waals surface area contributed by atoms with Crippen molar-refractivity contribution < 1.29 is 0 Å². The van der Waals surface area contributed by atoms with Crippen molar-refractivity contribution in [1.82, 2.24) is 9.97 Å². The normalized spacial score (nSPS) is 10.3. The first-order valence-electron chi connectivity index (χ1n) is 4.83. The molecule has 0 aliphatic carbocycles. The van der Waals surface area contributed by atoms with Crippen LogP contribution in [0.2, 0.25) is 0 Å². The quantitative estimate of drug-likeness (QED) is 0.767. The second-order valence-electron chi connectivity index (χ2n) is 3.59. The summed E-state index contributed by atoms with van der Waals surface area (Å²) in [7, 11) is 0. The molecule has 0 unspecified atom stereocenters. The Morgan fingerprint density at radius 2 is 2.00 bits per heavy atom. The van der Waals surface area contributed by atoms with Gasteiger partial charge in [0.15, 0.2) is 0 Å². The van der Waals surface area contributed by atoms with Crippen molar-refractivity contribution in [2.75, 3.05) is 5.73 Å². The Labute approximate surface area is 89.0 Å². The molecule has 0 fully saturated rings. The number of anilines is 1. The smallest absolute Gasteiger partial charge is 0.126 e. The fraction of sp³-hybridized carbons (Fsp3) is 0.167. The summed E-state index contributed by atoms with van der Waals surface area (Å²) in [5, 5.41) is 0. The summed E-state index contributed by atoms with van der Waals surface area (Å²) in [6, 6.07) is 8.12. The third kappa shape index (κ3) is 1.96. The van der Waals surface area contributed by atoms with Crippen molar-refractivity contribution in [1.29, 1.82) is 0 Å². The first-order chi connectivity index (χ1) is 7.16. The molecule has 2 rings (SSSR count). The van der Waals surface area contributed by atoms with Crippen LogP contribution in [0.25, 0.3) is 11.3 Å². The summed E-state index contributed by atoms with van der Waals surface area (Å²) in [5.74, 6) is 0.737. The van der Waals surface area contributed by atoms with Crippen LogP contribution in [0, 0.1) is 13.8 Å². The Morgan fingerprint density at radius 3 is 2.73 bits per heavy atom. The summed E-state index contributed by atoms with van der Waals surface area (Å²) < 4.78 is 0. The maximum absolute atomic E-state index is 5.85. The topological polar surface area (TPSA) is 51.8 Å². The Hall–Kier alpha value is -1.90. The van der Waals surface area contributed by atoms with Crippen molar-refractivity contribution in [3.8, 4) is 11.3 Å². The van der Waals surface area contributed by atoms with Gasteiger partial charge in [0.1, 0.15) is 5.82 Å². The molecule has 0 aliphatic rings. The highest BCUT2D eigenvalue weighted by molar-refractivity contribution is 5.72. The molecule has 0 saturated heterocycles. The SMILES string of the molecule is Cc1cccc(-c2nc(C)ncc2N)c1. The van der Waals surface area contributed by atoms with E-state index >= 15 is 0 Å². The highest BCUT2D eigenvalue weighted by Gasteiger charge is 2.05. The van der Waals surface area contributed by atoms with Gasteiger partial charge in [0.05, 0.1) is 17.6 Å². The number of hydrogen-bond donors (Lipinski definition) is 1. The Bertz CT molecular complexity index is 492. The Morgan fingerprint density at radius 1 is 1.20 bits per heavy atom. The molecule has 3 nitrogen and oxygen atoms in total. The van der Waals surface area contributed by atoms with Gasteiger partial charge in [0.2, 0.25) is 0 Å². The van der Waals surface area contributed by atoms with Crippen LogP contribution >= 0.6 is 0 Å². The van der Waals surface area contributed by atoms with E-state index in [0.717, 1.165) is 17.1 Å².